The first kappa shape index (κ1) is 16.0. The highest BCUT2D eigenvalue weighted by molar-refractivity contribution is 5.77. The van der Waals surface area contributed by atoms with Crippen LogP contribution in [0, 0.1) is 17.6 Å². The Morgan fingerprint density at radius 2 is 1.79 bits per heavy atom. The molecule has 4 fully saturated rings. The van der Waals surface area contributed by atoms with Crippen molar-refractivity contribution >= 4 is 5.91 Å². The summed E-state index contributed by atoms with van der Waals surface area (Å²) in [5.74, 6) is -0.826. The molecular weight excluding hydrogens is 314 g/mol. The highest BCUT2D eigenvalue weighted by Crippen LogP contribution is 2.46. The van der Waals surface area contributed by atoms with Crippen molar-refractivity contribution in [3.05, 3.63) is 35.4 Å². The summed E-state index contributed by atoms with van der Waals surface area (Å²) >= 11 is 0. The SMILES string of the molecule is O=C(CCO)N1C[C@H](c2cc(F)cc(F)c2)[C@@H]2[C@H]1C1CCN2CC1. The van der Waals surface area contributed by atoms with Crippen molar-refractivity contribution < 1.29 is 18.7 Å². The number of amides is 1. The topological polar surface area (TPSA) is 43.8 Å². The molecule has 5 rings (SSSR count). The molecule has 3 atom stereocenters. The van der Waals surface area contributed by atoms with E-state index >= 15 is 0 Å². The van der Waals surface area contributed by atoms with Crippen LogP contribution in [0.15, 0.2) is 18.2 Å². The van der Waals surface area contributed by atoms with Gasteiger partial charge < -0.3 is 10.0 Å². The molecule has 4 nitrogen and oxygen atoms in total. The minimum absolute atomic E-state index is 0.0550. The Kier molecular flexibility index (Phi) is 4.04. The molecule has 1 amide bonds. The Labute approximate surface area is 140 Å². The second-order valence-corrected chi connectivity index (χ2v) is 7.18. The Balaban J connectivity index is 1.71. The van der Waals surface area contributed by atoms with Crippen molar-refractivity contribution in [3.8, 4) is 0 Å². The molecule has 1 aromatic rings. The smallest absolute Gasteiger partial charge is 0.225 e. The minimum Gasteiger partial charge on any atom is -0.396 e. The first-order valence-electron chi connectivity index (χ1n) is 8.69. The number of carbonyl (C=O) groups excluding carboxylic acids is 1. The molecule has 4 saturated heterocycles. The molecular formula is C18H22F2N2O2. The number of hydrogen-bond acceptors (Lipinski definition) is 3. The maximum Gasteiger partial charge on any atom is 0.225 e. The monoisotopic (exact) mass is 336 g/mol. The highest BCUT2D eigenvalue weighted by Gasteiger charge is 2.54. The average molecular weight is 336 g/mol. The van der Waals surface area contributed by atoms with Gasteiger partial charge in [0.15, 0.2) is 0 Å². The molecule has 0 saturated carbocycles. The fraction of sp³-hybridized carbons (Fsp3) is 0.611. The third kappa shape index (κ3) is 2.52. The summed E-state index contributed by atoms with van der Waals surface area (Å²) in [7, 11) is 0. The maximum atomic E-state index is 13.7. The lowest BCUT2D eigenvalue weighted by Crippen LogP contribution is -2.60. The van der Waals surface area contributed by atoms with E-state index in [0.29, 0.717) is 18.0 Å². The lowest BCUT2D eigenvalue weighted by molar-refractivity contribution is -0.136. The minimum atomic E-state index is -0.572. The molecule has 2 bridgehead atoms. The lowest BCUT2D eigenvalue weighted by Gasteiger charge is -2.51. The van der Waals surface area contributed by atoms with Crippen LogP contribution < -0.4 is 0 Å². The summed E-state index contributed by atoms with van der Waals surface area (Å²) in [4.78, 5) is 16.7. The van der Waals surface area contributed by atoms with Crippen LogP contribution in [0.1, 0.15) is 30.7 Å². The normalized spacial score (nSPS) is 34.5. The van der Waals surface area contributed by atoms with Crippen molar-refractivity contribution in [1.29, 1.82) is 0 Å². The first-order valence-corrected chi connectivity index (χ1v) is 8.69. The van der Waals surface area contributed by atoms with Gasteiger partial charge in [-0.15, -0.1) is 0 Å². The van der Waals surface area contributed by atoms with Crippen LogP contribution in [0.3, 0.4) is 0 Å². The van der Waals surface area contributed by atoms with Crippen molar-refractivity contribution in [2.24, 2.45) is 5.92 Å². The van der Waals surface area contributed by atoms with E-state index in [0.717, 1.165) is 32.0 Å². The Bertz CT molecular complexity index is 626. The van der Waals surface area contributed by atoms with Crippen LogP contribution >= 0.6 is 0 Å². The van der Waals surface area contributed by atoms with Crippen molar-refractivity contribution in [2.75, 3.05) is 26.2 Å². The van der Waals surface area contributed by atoms with Gasteiger partial charge in [0.2, 0.25) is 5.91 Å². The van der Waals surface area contributed by atoms with E-state index in [-0.39, 0.29) is 36.9 Å². The number of rotatable bonds is 3. The standard InChI is InChI=1S/C18H22F2N2O2/c19-13-7-12(8-14(20)9-13)15-10-22(16(24)3-6-23)17-11-1-4-21(5-2-11)18(15)17/h7-9,11,15,17-18,23H,1-6,10H2/t15-,17-,18-/m1/s1. The van der Waals surface area contributed by atoms with E-state index in [9.17, 15) is 13.6 Å². The van der Waals surface area contributed by atoms with Gasteiger partial charge in [0.25, 0.3) is 0 Å². The fourth-order valence-electron chi connectivity index (χ4n) is 5.03. The molecule has 24 heavy (non-hydrogen) atoms. The average Bonchev–Trinajstić information content (AvgIpc) is 2.98. The molecule has 0 unspecified atom stereocenters. The van der Waals surface area contributed by atoms with Crippen LogP contribution in [0.2, 0.25) is 0 Å². The molecule has 4 aliphatic rings. The molecule has 0 aliphatic carbocycles. The fourth-order valence-corrected chi connectivity index (χ4v) is 5.03. The zero-order valence-corrected chi connectivity index (χ0v) is 13.5. The van der Waals surface area contributed by atoms with Gasteiger partial charge in [-0.3, -0.25) is 9.69 Å². The van der Waals surface area contributed by atoms with Gasteiger partial charge in [0, 0.05) is 31.0 Å². The van der Waals surface area contributed by atoms with Crippen LogP contribution in [0.5, 0.6) is 0 Å². The van der Waals surface area contributed by atoms with Gasteiger partial charge in [-0.1, -0.05) is 0 Å². The zero-order chi connectivity index (χ0) is 16.8. The van der Waals surface area contributed by atoms with E-state index in [4.69, 9.17) is 5.11 Å². The summed E-state index contributed by atoms with van der Waals surface area (Å²) in [6.45, 7) is 2.29. The van der Waals surface area contributed by atoms with Gasteiger partial charge in [-0.05, 0) is 49.5 Å². The number of halogens is 2. The first-order chi connectivity index (χ1) is 11.6. The Morgan fingerprint density at radius 1 is 1.12 bits per heavy atom. The molecule has 1 aromatic carbocycles. The Morgan fingerprint density at radius 3 is 2.42 bits per heavy atom. The second-order valence-electron chi connectivity index (χ2n) is 7.18. The van der Waals surface area contributed by atoms with Crippen LogP contribution in [0.4, 0.5) is 8.78 Å². The van der Waals surface area contributed by atoms with Gasteiger partial charge in [-0.25, -0.2) is 8.78 Å². The largest absolute Gasteiger partial charge is 0.396 e. The number of carbonyl (C=O) groups is 1. The highest BCUT2D eigenvalue weighted by atomic mass is 19.1. The number of hydrogen-bond donors (Lipinski definition) is 1. The molecule has 0 spiro atoms. The summed E-state index contributed by atoms with van der Waals surface area (Å²) in [5, 5.41) is 9.12. The van der Waals surface area contributed by atoms with Crippen molar-refractivity contribution in [3.63, 3.8) is 0 Å². The van der Waals surface area contributed by atoms with Gasteiger partial charge in [-0.2, -0.15) is 0 Å². The van der Waals surface area contributed by atoms with Gasteiger partial charge in [0.05, 0.1) is 12.6 Å². The molecule has 130 valence electrons. The predicted molar refractivity (Wildman–Crippen MR) is 84.4 cm³/mol. The van der Waals surface area contributed by atoms with Gasteiger partial charge >= 0.3 is 0 Å². The molecule has 4 aliphatic heterocycles. The van der Waals surface area contributed by atoms with E-state index < -0.39 is 11.6 Å². The predicted octanol–water partition coefficient (Wildman–Crippen LogP) is 1.74. The van der Waals surface area contributed by atoms with Gasteiger partial charge in [0.1, 0.15) is 11.6 Å². The number of benzene rings is 1. The quantitative estimate of drug-likeness (QED) is 0.914. The molecule has 1 N–H and O–H groups in total. The summed E-state index contributed by atoms with van der Waals surface area (Å²) in [6, 6.07) is 3.91. The van der Waals surface area contributed by atoms with Crippen LogP contribution in [-0.2, 0) is 4.79 Å². The number of aliphatic hydroxyl groups is 1. The van der Waals surface area contributed by atoms with E-state index in [1.165, 1.54) is 12.1 Å². The summed E-state index contributed by atoms with van der Waals surface area (Å²) < 4.78 is 27.4. The van der Waals surface area contributed by atoms with Crippen LogP contribution in [-0.4, -0.2) is 59.1 Å². The number of likely N-dealkylation sites (tertiary alicyclic amines) is 1. The summed E-state index contributed by atoms with van der Waals surface area (Å²) in [6.07, 6.45) is 2.24. The second kappa shape index (κ2) is 6.08. The number of nitrogens with zero attached hydrogens (tertiary/aromatic N) is 2. The number of fused-ring (bicyclic) bond motifs is 2. The van der Waals surface area contributed by atoms with Crippen molar-refractivity contribution in [2.45, 2.75) is 37.3 Å². The molecule has 0 radical (unpaired) electrons. The lowest BCUT2D eigenvalue weighted by atomic mass is 9.75. The zero-order valence-electron chi connectivity index (χ0n) is 13.5. The maximum absolute atomic E-state index is 13.7. The molecule has 0 aromatic heterocycles. The molecule has 4 heterocycles. The van der Waals surface area contributed by atoms with Crippen molar-refractivity contribution in [1.82, 2.24) is 9.80 Å². The van der Waals surface area contributed by atoms with E-state index in [1.54, 1.807) is 0 Å². The third-order valence-corrected chi connectivity index (χ3v) is 5.95. The van der Waals surface area contributed by atoms with E-state index in [2.05, 4.69) is 4.90 Å². The number of aliphatic hydroxyl groups excluding tert-OH is 1. The van der Waals surface area contributed by atoms with Crippen LogP contribution in [0.25, 0.3) is 0 Å². The Hall–Kier alpha value is -1.53. The molecule has 6 heteroatoms. The summed E-state index contributed by atoms with van der Waals surface area (Å²) in [5.41, 5.74) is 0.634. The number of piperidine rings is 3. The third-order valence-electron chi connectivity index (χ3n) is 5.95. The van der Waals surface area contributed by atoms with E-state index in [1.807, 2.05) is 4.90 Å².